The second kappa shape index (κ2) is 4.85. The molecule has 3 unspecified atom stereocenters. The van der Waals surface area contributed by atoms with E-state index >= 15 is 0 Å². The van der Waals surface area contributed by atoms with Gasteiger partial charge in [-0.3, -0.25) is 0 Å². The van der Waals surface area contributed by atoms with Crippen LogP contribution in [0.2, 0.25) is 0 Å². The van der Waals surface area contributed by atoms with Crippen molar-refractivity contribution in [2.75, 3.05) is 18.0 Å². The van der Waals surface area contributed by atoms with Gasteiger partial charge >= 0.3 is 0 Å². The van der Waals surface area contributed by atoms with Crippen LogP contribution in [0.4, 0.5) is 5.69 Å². The summed E-state index contributed by atoms with van der Waals surface area (Å²) in [6.07, 6.45) is 0.638. The van der Waals surface area contributed by atoms with Crippen molar-refractivity contribution in [3.63, 3.8) is 0 Å². The van der Waals surface area contributed by atoms with Crippen molar-refractivity contribution in [1.82, 2.24) is 0 Å². The lowest BCUT2D eigenvalue weighted by Crippen LogP contribution is -2.49. The molecule has 1 fully saturated rings. The fraction of sp³-hybridized carbons (Fsp3) is 0.538. The van der Waals surface area contributed by atoms with E-state index in [0.29, 0.717) is 0 Å². The Kier molecular flexibility index (Phi) is 3.46. The van der Waals surface area contributed by atoms with Crippen LogP contribution in [0.1, 0.15) is 13.3 Å². The van der Waals surface area contributed by atoms with Gasteiger partial charge in [0, 0.05) is 30.7 Å². The minimum Gasteiger partial charge on any atom is -0.393 e. The van der Waals surface area contributed by atoms with Crippen LogP contribution in [-0.2, 0) is 0 Å². The third kappa shape index (κ3) is 2.54. The van der Waals surface area contributed by atoms with Gasteiger partial charge in [0.15, 0.2) is 0 Å². The van der Waals surface area contributed by atoms with Crippen LogP contribution in [0.15, 0.2) is 30.3 Å². The molecule has 0 aromatic heterocycles. The summed E-state index contributed by atoms with van der Waals surface area (Å²) in [7, 11) is 0. The number of nitrogens with two attached hydrogens (primary N) is 1. The minimum atomic E-state index is -0.280. The molecule has 3 nitrogen and oxygen atoms in total. The van der Waals surface area contributed by atoms with E-state index in [1.807, 2.05) is 25.1 Å². The molecule has 0 radical (unpaired) electrons. The Morgan fingerprint density at radius 3 is 2.62 bits per heavy atom. The molecular weight excluding hydrogens is 200 g/mol. The third-order valence-corrected chi connectivity index (χ3v) is 3.32. The van der Waals surface area contributed by atoms with Crippen molar-refractivity contribution in [3.8, 4) is 0 Å². The quantitative estimate of drug-likeness (QED) is 0.788. The van der Waals surface area contributed by atoms with Gasteiger partial charge in [0.1, 0.15) is 0 Å². The molecule has 1 aromatic carbocycles. The summed E-state index contributed by atoms with van der Waals surface area (Å²) in [6, 6.07) is 10.4. The molecular formula is C13H20N2O. The Morgan fingerprint density at radius 2 is 2.00 bits per heavy atom. The predicted octanol–water partition coefficient (Wildman–Crippen LogP) is 1.22. The number of piperidine rings is 1. The lowest BCUT2D eigenvalue weighted by Gasteiger charge is -2.39. The smallest absolute Gasteiger partial charge is 0.0557 e. The second-order valence-corrected chi connectivity index (χ2v) is 4.74. The summed E-state index contributed by atoms with van der Waals surface area (Å²) in [6.45, 7) is 3.63. The average Bonchev–Trinajstić information content (AvgIpc) is 2.29. The maximum atomic E-state index is 9.68. The Hall–Kier alpha value is -1.06. The molecule has 3 heteroatoms. The summed E-state index contributed by atoms with van der Waals surface area (Å²) in [4.78, 5) is 2.27. The summed E-state index contributed by atoms with van der Waals surface area (Å²) in [5.41, 5.74) is 7.24. The number of aliphatic hydroxyl groups excluding tert-OH is 1. The molecule has 0 spiro atoms. The topological polar surface area (TPSA) is 49.5 Å². The predicted molar refractivity (Wildman–Crippen MR) is 66.4 cm³/mol. The molecule has 0 saturated carbocycles. The summed E-state index contributed by atoms with van der Waals surface area (Å²) >= 11 is 0. The van der Waals surface area contributed by atoms with Crippen LogP contribution < -0.4 is 10.6 Å². The fourth-order valence-corrected chi connectivity index (χ4v) is 2.38. The first-order chi connectivity index (χ1) is 7.66. The largest absolute Gasteiger partial charge is 0.393 e. The molecule has 1 aromatic rings. The molecule has 0 aliphatic carbocycles. The van der Waals surface area contributed by atoms with Gasteiger partial charge in [-0.1, -0.05) is 18.2 Å². The van der Waals surface area contributed by atoms with Gasteiger partial charge in [0.2, 0.25) is 0 Å². The van der Waals surface area contributed by atoms with E-state index in [-0.39, 0.29) is 18.1 Å². The molecule has 2 rings (SSSR count). The number of rotatable bonds is 2. The Morgan fingerprint density at radius 1 is 1.31 bits per heavy atom. The van der Waals surface area contributed by atoms with Gasteiger partial charge in [-0.05, 0) is 25.5 Å². The Balaban J connectivity index is 2.11. The highest BCUT2D eigenvalue weighted by Crippen LogP contribution is 2.24. The zero-order valence-corrected chi connectivity index (χ0v) is 9.71. The van der Waals surface area contributed by atoms with E-state index < -0.39 is 0 Å². The number of anilines is 1. The molecule has 0 amide bonds. The third-order valence-electron chi connectivity index (χ3n) is 3.32. The number of hydrogen-bond acceptors (Lipinski definition) is 3. The summed E-state index contributed by atoms with van der Waals surface area (Å²) in [5.74, 6) is 0.281. The summed E-state index contributed by atoms with van der Waals surface area (Å²) < 4.78 is 0. The first-order valence-corrected chi connectivity index (χ1v) is 5.90. The van der Waals surface area contributed by atoms with E-state index in [4.69, 9.17) is 5.73 Å². The normalized spacial score (nSPS) is 27.8. The van der Waals surface area contributed by atoms with Gasteiger partial charge in [0.25, 0.3) is 0 Å². The van der Waals surface area contributed by atoms with Gasteiger partial charge in [-0.15, -0.1) is 0 Å². The van der Waals surface area contributed by atoms with Crippen LogP contribution >= 0.6 is 0 Å². The number of nitrogens with zero attached hydrogens (tertiary/aromatic N) is 1. The molecule has 0 bridgehead atoms. The monoisotopic (exact) mass is 220 g/mol. The van der Waals surface area contributed by atoms with Crippen LogP contribution in [0.5, 0.6) is 0 Å². The van der Waals surface area contributed by atoms with Gasteiger partial charge < -0.3 is 15.7 Å². The minimum absolute atomic E-state index is 0.161. The van der Waals surface area contributed by atoms with E-state index in [0.717, 1.165) is 19.5 Å². The average molecular weight is 220 g/mol. The molecule has 16 heavy (non-hydrogen) atoms. The molecule has 3 N–H and O–H groups in total. The van der Waals surface area contributed by atoms with Crippen molar-refractivity contribution in [2.45, 2.75) is 25.5 Å². The first-order valence-electron chi connectivity index (χ1n) is 5.90. The fourth-order valence-electron chi connectivity index (χ4n) is 2.38. The number of aliphatic hydroxyl groups is 1. The van der Waals surface area contributed by atoms with Crippen LogP contribution in [0.3, 0.4) is 0 Å². The van der Waals surface area contributed by atoms with Crippen LogP contribution in [0.25, 0.3) is 0 Å². The van der Waals surface area contributed by atoms with Crippen molar-refractivity contribution >= 4 is 5.69 Å². The van der Waals surface area contributed by atoms with Gasteiger partial charge in [-0.2, -0.15) is 0 Å². The highest BCUT2D eigenvalue weighted by Gasteiger charge is 2.27. The molecule has 1 aliphatic rings. The lowest BCUT2D eigenvalue weighted by molar-refractivity contribution is 0.110. The van der Waals surface area contributed by atoms with Crippen LogP contribution in [0, 0.1) is 5.92 Å². The highest BCUT2D eigenvalue weighted by molar-refractivity contribution is 5.46. The number of hydrogen-bond donors (Lipinski definition) is 2. The van der Waals surface area contributed by atoms with Crippen LogP contribution in [-0.4, -0.2) is 30.3 Å². The zero-order chi connectivity index (χ0) is 11.5. The maximum absolute atomic E-state index is 9.68. The zero-order valence-electron chi connectivity index (χ0n) is 9.71. The SMILES string of the molecule is CC(O)C1CC(N)CN(c2ccccc2)C1. The van der Waals surface area contributed by atoms with E-state index in [1.54, 1.807) is 0 Å². The maximum Gasteiger partial charge on any atom is 0.0557 e. The van der Waals surface area contributed by atoms with E-state index in [2.05, 4.69) is 17.0 Å². The molecule has 1 aliphatic heterocycles. The van der Waals surface area contributed by atoms with Crippen molar-refractivity contribution < 1.29 is 5.11 Å². The van der Waals surface area contributed by atoms with Gasteiger partial charge in [-0.25, -0.2) is 0 Å². The van der Waals surface area contributed by atoms with Crippen molar-refractivity contribution in [2.24, 2.45) is 11.7 Å². The molecule has 88 valence electrons. The first kappa shape index (κ1) is 11.4. The van der Waals surface area contributed by atoms with E-state index in [9.17, 15) is 5.11 Å². The highest BCUT2D eigenvalue weighted by atomic mass is 16.3. The van der Waals surface area contributed by atoms with E-state index in [1.165, 1.54) is 5.69 Å². The number of para-hydroxylation sites is 1. The molecule has 1 heterocycles. The lowest BCUT2D eigenvalue weighted by atomic mass is 9.90. The second-order valence-electron chi connectivity index (χ2n) is 4.74. The molecule has 1 saturated heterocycles. The molecule has 3 atom stereocenters. The number of benzene rings is 1. The van der Waals surface area contributed by atoms with Crippen molar-refractivity contribution in [3.05, 3.63) is 30.3 Å². The van der Waals surface area contributed by atoms with Crippen molar-refractivity contribution in [1.29, 1.82) is 0 Å². The Bertz CT molecular complexity index is 326. The van der Waals surface area contributed by atoms with Gasteiger partial charge in [0.05, 0.1) is 6.10 Å². The Labute approximate surface area is 96.9 Å². The standard InChI is InChI=1S/C13H20N2O/c1-10(16)11-7-12(14)9-15(8-11)13-5-3-2-4-6-13/h2-6,10-12,16H,7-9,14H2,1H3. The summed E-state index contributed by atoms with van der Waals surface area (Å²) in [5, 5.41) is 9.68.